The molecule has 0 unspecified atom stereocenters. The summed E-state index contributed by atoms with van der Waals surface area (Å²) in [5, 5.41) is 6.10. The second kappa shape index (κ2) is 6.56. The van der Waals surface area contributed by atoms with Gasteiger partial charge in [-0.1, -0.05) is 0 Å². The molecule has 0 aromatic carbocycles. The van der Waals surface area contributed by atoms with Crippen LogP contribution in [0.1, 0.15) is 30.3 Å². The Hall–Kier alpha value is -1.82. The lowest BCUT2D eigenvalue weighted by Gasteiger charge is -2.21. The molecular weight excluding hydrogens is 258 g/mol. The number of carbonyl (C=O) groups is 2. The zero-order valence-corrected chi connectivity index (χ0v) is 11.9. The van der Waals surface area contributed by atoms with E-state index in [1.807, 2.05) is 0 Å². The van der Waals surface area contributed by atoms with Crippen LogP contribution in [0.2, 0.25) is 0 Å². The van der Waals surface area contributed by atoms with E-state index in [-0.39, 0.29) is 17.8 Å². The summed E-state index contributed by atoms with van der Waals surface area (Å²) in [5.74, 6) is -0.313. The van der Waals surface area contributed by atoms with E-state index in [2.05, 4.69) is 10.6 Å². The quantitative estimate of drug-likeness (QED) is 0.811. The number of aryl methyl sites for hydroxylation is 1. The van der Waals surface area contributed by atoms with Crippen molar-refractivity contribution in [1.29, 1.82) is 0 Å². The van der Waals surface area contributed by atoms with Crippen molar-refractivity contribution >= 4 is 17.6 Å². The molecule has 20 heavy (non-hydrogen) atoms. The third-order valence-electron chi connectivity index (χ3n) is 3.47. The van der Waals surface area contributed by atoms with Crippen LogP contribution >= 0.6 is 0 Å². The summed E-state index contributed by atoms with van der Waals surface area (Å²) in [6, 6.07) is 1.65. The van der Waals surface area contributed by atoms with Crippen molar-refractivity contribution in [3.05, 3.63) is 18.0 Å². The number of nitrogens with zero attached hydrogens (tertiary/aromatic N) is 1. The van der Waals surface area contributed by atoms with E-state index in [1.165, 1.54) is 0 Å². The lowest BCUT2D eigenvalue weighted by Crippen LogP contribution is -2.34. The van der Waals surface area contributed by atoms with Gasteiger partial charge in [-0.15, -0.1) is 0 Å². The highest BCUT2D eigenvalue weighted by molar-refractivity contribution is 5.95. The van der Waals surface area contributed by atoms with Crippen LogP contribution < -0.4 is 10.6 Å². The van der Waals surface area contributed by atoms with Gasteiger partial charge in [0.2, 0.25) is 5.91 Å². The molecule has 1 saturated heterocycles. The minimum Gasteiger partial charge on any atom is -0.461 e. The molecule has 0 saturated carbocycles. The first-order valence-electron chi connectivity index (χ1n) is 6.97. The van der Waals surface area contributed by atoms with Gasteiger partial charge in [-0.25, -0.2) is 4.79 Å². The summed E-state index contributed by atoms with van der Waals surface area (Å²) < 4.78 is 6.63. The molecule has 6 nitrogen and oxygen atoms in total. The van der Waals surface area contributed by atoms with E-state index in [0.29, 0.717) is 18.0 Å². The number of ether oxygens (including phenoxy) is 1. The molecule has 0 spiro atoms. The molecule has 0 atom stereocenters. The first-order chi connectivity index (χ1) is 9.61. The van der Waals surface area contributed by atoms with Gasteiger partial charge in [0.05, 0.1) is 12.3 Å². The van der Waals surface area contributed by atoms with Gasteiger partial charge < -0.3 is 19.9 Å². The first kappa shape index (κ1) is 14.6. The van der Waals surface area contributed by atoms with Crippen molar-refractivity contribution < 1.29 is 14.3 Å². The number of piperidine rings is 1. The van der Waals surface area contributed by atoms with Crippen LogP contribution in [0, 0.1) is 5.92 Å². The predicted molar refractivity (Wildman–Crippen MR) is 75.6 cm³/mol. The Morgan fingerprint density at radius 3 is 2.80 bits per heavy atom. The molecule has 2 rings (SSSR count). The Kier molecular flexibility index (Phi) is 4.79. The minimum absolute atomic E-state index is 0.0208. The molecule has 1 aliphatic heterocycles. The molecule has 0 bridgehead atoms. The van der Waals surface area contributed by atoms with Crippen molar-refractivity contribution in [2.75, 3.05) is 25.0 Å². The third kappa shape index (κ3) is 3.39. The summed E-state index contributed by atoms with van der Waals surface area (Å²) in [4.78, 5) is 23.8. The number of anilines is 1. The average Bonchev–Trinajstić information content (AvgIpc) is 2.81. The number of amides is 1. The molecular formula is C14H21N3O3. The molecule has 0 radical (unpaired) electrons. The Morgan fingerprint density at radius 1 is 1.45 bits per heavy atom. The van der Waals surface area contributed by atoms with Crippen LogP contribution in [0.5, 0.6) is 0 Å². The lowest BCUT2D eigenvalue weighted by atomic mass is 9.97. The fourth-order valence-corrected chi connectivity index (χ4v) is 2.37. The van der Waals surface area contributed by atoms with Crippen LogP contribution in [-0.4, -0.2) is 36.1 Å². The Bertz CT molecular complexity index is 490. The summed E-state index contributed by atoms with van der Waals surface area (Å²) in [7, 11) is 1.76. The molecule has 1 aromatic heterocycles. The van der Waals surface area contributed by atoms with E-state index in [1.54, 1.807) is 30.8 Å². The van der Waals surface area contributed by atoms with Crippen LogP contribution in [0.4, 0.5) is 5.69 Å². The number of aromatic nitrogens is 1. The standard InChI is InChI=1S/C14H21N3O3/c1-3-20-14(19)12-8-11(9-17(12)2)16-13(18)10-4-6-15-7-5-10/h8-10,15H,3-7H2,1-2H3,(H,16,18). The van der Waals surface area contributed by atoms with Gasteiger partial charge in [0.1, 0.15) is 5.69 Å². The van der Waals surface area contributed by atoms with Crippen molar-refractivity contribution in [2.45, 2.75) is 19.8 Å². The molecule has 1 aliphatic rings. The SMILES string of the molecule is CCOC(=O)c1cc(NC(=O)C2CCNCC2)cn1C. The Morgan fingerprint density at radius 2 is 2.15 bits per heavy atom. The van der Waals surface area contributed by atoms with Gasteiger partial charge >= 0.3 is 5.97 Å². The van der Waals surface area contributed by atoms with Crippen LogP contribution in [0.15, 0.2) is 12.3 Å². The Balaban J connectivity index is 2.01. The minimum atomic E-state index is -0.377. The number of carbonyl (C=O) groups excluding carboxylic acids is 2. The molecule has 0 aliphatic carbocycles. The van der Waals surface area contributed by atoms with Crippen LogP contribution in [-0.2, 0) is 16.6 Å². The van der Waals surface area contributed by atoms with E-state index in [4.69, 9.17) is 4.74 Å². The maximum absolute atomic E-state index is 12.1. The van der Waals surface area contributed by atoms with E-state index in [9.17, 15) is 9.59 Å². The number of esters is 1. The number of nitrogens with one attached hydrogen (secondary N) is 2. The van der Waals surface area contributed by atoms with Gasteiger partial charge in [-0.3, -0.25) is 4.79 Å². The molecule has 6 heteroatoms. The fourth-order valence-electron chi connectivity index (χ4n) is 2.37. The molecule has 2 N–H and O–H groups in total. The molecule has 1 aromatic rings. The van der Waals surface area contributed by atoms with Crippen LogP contribution in [0.3, 0.4) is 0 Å². The highest BCUT2D eigenvalue weighted by Crippen LogP contribution is 2.18. The molecule has 1 amide bonds. The second-order valence-electron chi connectivity index (χ2n) is 4.96. The van der Waals surface area contributed by atoms with E-state index >= 15 is 0 Å². The Labute approximate surface area is 118 Å². The monoisotopic (exact) mass is 279 g/mol. The summed E-state index contributed by atoms with van der Waals surface area (Å²) >= 11 is 0. The van der Waals surface area contributed by atoms with E-state index in [0.717, 1.165) is 25.9 Å². The van der Waals surface area contributed by atoms with Gasteiger partial charge in [0, 0.05) is 19.2 Å². The second-order valence-corrected chi connectivity index (χ2v) is 4.96. The topological polar surface area (TPSA) is 72.4 Å². The maximum atomic E-state index is 12.1. The zero-order chi connectivity index (χ0) is 14.5. The maximum Gasteiger partial charge on any atom is 0.355 e. The van der Waals surface area contributed by atoms with Crippen molar-refractivity contribution in [2.24, 2.45) is 13.0 Å². The summed E-state index contributed by atoms with van der Waals surface area (Å²) in [6.45, 7) is 3.85. The lowest BCUT2D eigenvalue weighted by molar-refractivity contribution is -0.120. The van der Waals surface area contributed by atoms with Gasteiger partial charge in [-0.05, 0) is 38.9 Å². The number of hydrogen-bond acceptors (Lipinski definition) is 4. The largest absolute Gasteiger partial charge is 0.461 e. The van der Waals surface area contributed by atoms with E-state index < -0.39 is 0 Å². The van der Waals surface area contributed by atoms with Crippen molar-refractivity contribution in [3.63, 3.8) is 0 Å². The summed E-state index contributed by atoms with van der Waals surface area (Å²) in [5.41, 5.74) is 1.08. The van der Waals surface area contributed by atoms with Crippen LogP contribution in [0.25, 0.3) is 0 Å². The third-order valence-corrected chi connectivity index (χ3v) is 3.47. The molecule has 1 fully saturated rings. The first-order valence-corrected chi connectivity index (χ1v) is 6.97. The van der Waals surface area contributed by atoms with Gasteiger partial charge in [-0.2, -0.15) is 0 Å². The zero-order valence-electron chi connectivity index (χ0n) is 11.9. The predicted octanol–water partition coefficient (Wildman–Crippen LogP) is 1.14. The smallest absolute Gasteiger partial charge is 0.355 e. The normalized spacial score (nSPS) is 15.9. The molecule has 2 heterocycles. The summed E-state index contributed by atoms with van der Waals surface area (Å²) in [6.07, 6.45) is 3.43. The average molecular weight is 279 g/mol. The highest BCUT2D eigenvalue weighted by Gasteiger charge is 2.22. The fraction of sp³-hybridized carbons (Fsp3) is 0.571. The van der Waals surface area contributed by atoms with Crippen molar-refractivity contribution in [1.82, 2.24) is 9.88 Å². The van der Waals surface area contributed by atoms with Gasteiger partial charge in [0.25, 0.3) is 0 Å². The molecule has 110 valence electrons. The van der Waals surface area contributed by atoms with Gasteiger partial charge in [0.15, 0.2) is 0 Å². The van der Waals surface area contributed by atoms with Crippen molar-refractivity contribution in [3.8, 4) is 0 Å². The number of rotatable bonds is 4. The highest BCUT2D eigenvalue weighted by atomic mass is 16.5. The number of hydrogen-bond donors (Lipinski definition) is 2.